The van der Waals surface area contributed by atoms with Gasteiger partial charge in [0.15, 0.2) is 5.78 Å². The Labute approximate surface area is 211 Å². The zero-order valence-electron chi connectivity index (χ0n) is 20.7. The first-order valence-electron chi connectivity index (χ1n) is 12.0. The summed E-state index contributed by atoms with van der Waals surface area (Å²) in [7, 11) is 0. The highest BCUT2D eigenvalue weighted by Gasteiger charge is 2.45. The fourth-order valence-electron chi connectivity index (χ4n) is 5.05. The van der Waals surface area contributed by atoms with Gasteiger partial charge in [0.05, 0.1) is 21.8 Å². The summed E-state index contributed by atoms with van der Waals surface area (Å²) in [5.41, 5.74) is 12.0. The number of aryl methyl sites for hydroxylation is 2. The van der Waals surface area contributed by atoms with Crippen molar-refractivity contribution in [1.29, 1.82) is 5.26 Å². The summed E-state index contributed by atoms with van der Waals surface area (Å²) >= 11 is 3.56. The molecule has 1 aromatic carbocycles. The lowest BCUT2D eigenvalue weighted by Crippen LogP contribution is -2.42. The van der Waals surface area contributed by atoms with Crippen LogP contribution in [0.5, 0.6) is 0 Å². The van der Waals surface area contributed by atoms with Crippen molar-refractivity contribution in [2.75, 3.05) is 10.7 Å². The first kappa shape index (κ1) is 24.6. The summed E-state index contributed by atoms with van der Waals surface area (Å²) in [4.78, 5) is 17.0. The second kappa shape index (κ2) is 9.64. The van der Waals surface area contributed by atoms with E-state index in [0.29, 0.717) is 17.8 Å². The fourth-order valence-corrected chi connectivity index (χ4v) is 7.43. The summed E-state index contributed by atoms with van der Waals surface area (Å²) in [5, 5.41) is 10.4. The van der Waals surface area contributed by atoms with Gasteiger partial charge in [-0.3, -0.25) is 9.69 Å². The Hall–Kier alpha value is -2.49. The van der Waals surface area contributed by atoms with Gasteiger partial charge in [-0.15, -0.1) is 23.1 Å². The van der Waals surface area contributed by atoms with Gasteiger partial charge in [-0.25, -0.2) is 0 Å². The molecule has 0 amide bonds. The second-order valence-electron chi connectivity index (χ2n) is 9.74. The van der Waals surface area contributed by atoms with Crippen LogP contribution in [0.3, 0.4) is 0 Å². The van der Waals surface area contributed by atoms with Crippen LogP contribution in [0.15, 0.2) is 57.2 Å². The standard InChI is InChI=1S/C28H33N3OS2/c1-6-17-9-11-18(12-10-17)31-22-14-28(4,5)15-23(32)25(22)24(21(16-29)26(31)30)20-13-19(7-2)34-27(20)33-8-3/h9-13,24H,6-8,14-15,30H2,1-5H3/t24-/m1/s1. The molecule has 0 spiro atoms. The number of nitriles is 1. The number of ketones is 1. The number of carbonyl (C=O) groups excluding carboxylic acids is 1. The third-order valence-electron chi connectivity index (χ3n) is 6.69. The minimum Gasteiger partial charge on any atom is -0.384 e. The van der Waals surface area contributed by atoms with Crippen LogP contribution in [-0.2, 0) is 17.6 Å². The van der Waals surface area contributed by atoms with Crippen LogP contribution in [0.4, 0.5) is 5.69 Å². The predicted molar refractivity (Wildman–Crippen MR) is 143 cm³/mol. The topological polar surface area (TPSA) is 70.1 Å². The Balaban J connectivity index is 1.98. The van der Waals surface area contributed by atoms with Crippen LogP contribution in [0.1, 0.15) is 69.4 Å². The Morgan fingerprint density at radius 1 is 1.18 bits per heavy atom. The summed E-state index contributed by atoms with van der Waals surface area (Å²) in [6.07, 6.45) is 3.09. The Bertz CT molecular complexity index is 1210. The first-order chi connectivity index (χ1) is 16.2. The molecule has 34 heavy (non-hydrogen) atoms. The van der Waals surface area contributed by atoms with E-state index in [1.165, 1.54) is 14.6 Å². The normalized spacial score (nSPS) is 19.9. The molecular formula is C28H33N3OS2. The van der Waals surface area contributed by atoms with Crippen LogP contribution in [0, 0.1) is 16.7 Å². The molecular weight excluding hydrogens is 458 g/mol. The van der Waals surface area contributed by atoms with E-state index in [1.54, 1.807) is 23.1 Å². The molecule has 0 radical (unpaired) electrons. The molecule has 2 heterocycles. The number of anilines is 1. The van der Waals surface area contributed by atoms with E-state index in [2.05, 4.69) is 71.0 Å². The molecule has 1 aliphatic heterocycles. The van der Waals surface area contributed by atoms with E-state index < -0.39 is 5.92 Å². The number of thiophene rings is 1. The predicted octanol–water partition coefficient (Wildman–Crippen LogP) is 6.93. The van der Waals surface area contributed by atoms with Crippen molar-refractivity contribution >= 4 is 34.6 Å². The van der Waals surface area contributed by atoms with Crippen molar-refractivity contribution in [2.45, 2.75) is 70.4 Å². The molecule has 1 aromatic heterocycles. The Morgan fingerprint density at radius 2 is 1.88 bits per heavy atom. The maximum Gasteiger partial charge on any atom is 0.162 e. The van der Waals surface area contributed by atoms with Crippen LogP contribution in [0.2, 0.25) is 0 Å². The van der Waals surface area contributed by atoms with Gasteiger partial charge in [-0.05, 0) is 59.8 Å². The average molecular weight is 492 g/mol. The highest BCUT2D eigenvalue weighted by atomic mass is 32.2. The van der Waals surface area contributed by atoms with Gasteiger partial charge >= 0.3 is 0 Å². The van der Waals surface area contributed by atoms with E-state index >= 15 is 0 Å². The lowest BCUT2D eigenvalue weighted by Gasteiger charge is -2.43. The van der Waals surface area contributed by atoms with E-state index in [-0.39, 0.29) is 11.2 Å². The van der Waals surface area contributed by atoms with Crippen molar-refractivity contribution in [2.24, 2.45) is 11.1 Å². The quantitative estimate of drug-likeness (QED) is 0.444. The number of nitrogens with two attached hydrogens (primary N) is 1. The largest absolute Gasteiger partial charge is 0.384 e. The summed E-state index contributed by atoms with van der Waals surface area (Å²) in [5.74, 6) is 1.11. The maximum absolute atomic E-state index is 13.8. The number of nitrogens with zero attached hydrogens (tertiary/aromatic N) is 2. The molecule has 0 unspecified atom stereocenters. The molecule has 0 bridgehead atoms. The zero-order valence-corrected chi connectivity index (χ0v) is 22.3. The number of hydrogen-bond acceptors (Lipinski definition) is 6. The third-order valence-corrected chi connectivity index (χ3v) is 9.17. The number of thioether (sulfide) groups is 1. The molecule has 2 N–H and O–H groups in total. The molecule has 4 rings (SSSR count). The van der Waals surface area contributed by atoms with Gasteiger partial charge in [0.2, 0.25) is 0 Å². The van der Waals surface area contributed by atoms with Gasteiger partial charge in [-0.2, -0.15) is 5.26 Å². The van der Waals surface area contributed by atoms with Gasteiger partial charge in [-0.1, -0.05) is 46.8 Å². The molecule has 1 atom stereocenters. The van der Waals surface area contributed by atoms with E-state index in [0.717, 1.165) is 47.5 Å². The van der Waals surface area contributed by atoms with Crippen LogP contribution < -0.4 is 10.6 Å². The van der Waals surface area contributed by atoms with Crippen molar-refractivity contribution in [1.82, 2.24) is 0 Å². The molecule has 0 fully saturated rings. The van der Waals surface area contributed by atoms with Crippen molar-refractivity contribution in [3.63, 3.8) is 0 Å². The number of Topliss-reactive ketones (excluding diaryl/α,β-unsaturated/α-hetero) is 1. The fraction of sp³-hybridized carbons (Fsp3) is 0.429. The van der Waals surface area contributed by atoms with E-state index in [4.69, 9.17) is 5.73 Å². The van der Waals surface area contributed by atoms with Crippen LogP contribution in [-0.4, -0.2) is 11.5 Å². The average Bonchev–Trinajstić information content (AvgIpc) is 3.20. The molecule has 0 saturated carbocycles. The molecule has 6 heteroatoms. The Kier molecular flexibility index (Phi) is 6.98. The Morgan fingerprint density at radius 3 is 2.47 bits per heavy atom. The lowest BCUT2D eigenvalue weighted by atomic mass is 9.69. The smallest absolute Gasteiger partial charge is 0.162 e. The number of rotatable bonds is 6. The molecule has 4 nitrogen and oxygen atoms in total. The highest BCUT2D eigenvalue weighted by Crippen LogP contribution is 2.52. The van der Waals surface area contributed by atoms with Gasteiger partial charge in [0.25, 0.3) is 0 Å². The molecule has 178 valence electrons. The van der Waals surface area contributed by atoms with Gasteiger partial charge in [0.1, 0.15) is 5.82 Å². The number of hydrogen-bond donors (Lipinski definition) is 1. The van der Waals surface area contributed by atoms with Crippen molar-refractivity contribution in [3.8, 4) is 6.07 Å². The number of allylic oxidation sites excluding steroid dienone is 3. The summed E-state index contributed by atoms with van der Waals surface area (Å²) in [6, 6.07) is 12.9. The second-order valence-corrected chi connectivity index (χ2v) is 12.4. The monoisotopic (exact) mass is 491 g/mol. The van der Waals surface area contributed by atoms with Gasteiger partial charge in [0, 0.05) is 28.3 Å². The highest BCUT2D eigenvalue weighted by molar-refractivity contribution is 8.01. The van der Waals surface area contributed by atoms with Gasteiger partial charge < -0.3 is 5.73 Å². The molecule has 2 aliphatic rings. The van der Waals surface area contributed by atoms with Crippen LogP contribution >= 0.6 is 23.1 Å². The summed E-state index contributed by atoms with van der Waals surface area (Å²) < 4.78 is 1.19. The first-order valence-corrected chi connectivity index (χ1v) is 13.8. The number of benzene rings is 1. The van der Waals surface area contributed by atoms with Crippen molar-refractivity contribution < 1.29 is 4.79 Å². The van der Waals surface area contributed by atoms with Crippen LogP contribution in [0.25, 0.3) is 0 Å². The minimum atomic E-state index is -0.402. The lowest BCUT2D eigenvalue weighted by molar-refractivity contribution is -0.118. The summed E-state index contributed by atoms with van der Waals surface area (Å²) in [6.45, 7) is 10.7. The molecule has 2 aromatic rings. The molecule has 1 aliphatic carbocycles. The maximum atomic E-state index is 13.8. The number of carbonyl (C=O) groups is 1. The third kappa shape index (κ3) is 4.32. The minimum absolute atomic E-state index is 0.128. The van der Waals surface area contributed by atoms with E-state index in [1.807, 2.05) is 4.90 Å². The van der Waals surface area contributed by atoms with Crippen molar-refractivity contribution in [3.05, 3.63) is 69.0 Å². The van der Waals surface area contributed by atoms with E-state index in [9.17, 15) is 10.1 Å². The zero-order chi connectivity index (χ0) is 24.6. The SMILES string of the molecule is CCSc1sc(CC)cc1[C@@H]1C(C#N)=C(N)N(c2ccc(CC)cc2)C2=C1C(=O)CC(C)(C)C2. The molecule has 0 saturated heterocycles.